The maximum atomic E-state index is 11.9. The van der Waals surface area contributed by atoms with Crippen molar-refractivity contribution < 1.29 is 24.2 Å². The Bertz CT molecular complexity index is 835. The molecule has 29 heavy (non-hydrogen) atoms. The minimum atomic E-state index is -1.13. The van der Waals surface area contributed by atoms with Crippen molar-refractivity contribution in [1.29, 1.82) is 0 Å². The quantitative estimate of drug-likeness (QED) is 0.629. The van der Waals surface area contributed by atoms with Gasteiger partial charge in [-0.1, -0.05) is 30.3 Å². The summed E-state index contributed by atoms with van der Waals surface area (Å²) < 4.78 is 10.9. The highest BCUT2D eigenvalue weighted by atomic mass is 16.6. The van der Waals surface area contributed by atoms with E-state index >= 15 is 0 Å². The number of carbonyl (C=O) groups is 2. The van der Waals surface area contributed by atoms with Gasteiger partial charge in [-0.15, -0.1) is 6.58 Å². The number of ether oxygens (including phenoxy) is 2. The van der Waals surface area contributed by atoms with Crippen LogP contribution < -0.4 is 10.1 Å². The Balaban J connectivity index is 1.97. The summed E-state index contributed by atoms with van der Waals surface area (Å²) in [7, 11) is 0. The van der Waals surface area contributed by atoms with Crippen LogP contribution >= 0.6 is 0 Å². The van der Waals surface area contributed by atoms with Gasteiger partial charge >= 0.3 is 12.1 Å². The van der Waals surface area contributed by atoms with Gasteiger partial charge in [-0.2, -0.15) is 0 Å². The van der Waals surface area contributed by atoms with Crippen molar-refractivity contribution in [3.05, 3.63) is 72.3 Å². The standard InChI is InChI=1S/C23H27NO5/c1-5-6-16-7-11-18(12-8-16)28-19-13-9-17(10-14-19)15-20(21(25)26)24-22(27)29-23(2,3)4/h5,7-14,20H,1,6,15H2,2-4H3,(H,24,27)(H,25,26). The Morgan fingerprint density at radius 3 is 2.00 bits per heavy atom. The third-order valence-electron chi connectivity index (χ3n) is 3.89. The molecule has 0 aliphatic rings. The van der Waals surface area contributed by atoms with E-state index in [0.717, 1.165) is 17.5 Å². The molecule has 1 amide bonds. The van der Waals surface area contributed by atoms with Crippen LogP contribution in [0.2, 0.25) is 0 Å². The molecule has 0 aromatic heterocycles. The van der Waals surface area contributed by atoms with Gasteiger partial charge in [0.1, 0.15) is 23.1 Å². The van der Waals surface area contributed by atoms with E-state index in [0.29, 0.717) is 11.5 Å². The lowest BCUT2D eigenvalue weighted by molar-refractivity contribution is -0.139. The Hall–Kier alpha value is -3.28. The molecule has 0 bridgehead atoms. The first-order chi connectivity index (χ1) is 13.7. The van der Waals surface area contributed by atoms with Crippen LogP contribution in [-0.4, -0.2) is 28.8 Å². The number of carboxylic acids is 1. The SMILES string of the molecule is C=CCc1ccc(Oc2ccc(CC(NC(=O)OC(C)(C)C)C(=O)O)cc2)cc1. The molecule has 6 heteroatoms. The molecule has 154 valence electrons. The molecule has 2 N–H and O–H groups in total. The Labute approximate surface area is 171 Å². The van der Waals surface area contributed by atoms with Gasteiger partial charge in [0.05, 0.1) is 0 Å². The van der Waals surface area contributed by atoms with Crippen molar-refractivity contribution in [2.75, 3.05) is 0 Å². The van der Waals surface area contributed by atoms with E-state index in [-0.39, 0.29) is 6.42 Å². The van der Waals surface area contributed by atoms with Crippen molar-refractivity contribution in [2.45, 2.75) is 45.3 Å². The first-order valence-electron chi connectivity index (χ1n) is 9.35. The zero-order valence-corrected chi connectivity index (χ0v) is 17.0. The predicted octanol–water partition coefficient (Wildman–Crippen LogP) is 4.73. The molecule has 0 aliphatic carbocycles. The minimum absolute atomic E-state index is 0.130. The Morgan fingerprint density at radius 1 is 1.03 bits per heavy atom. The van der Waals surface area contributed by atoms with Crippen LogP contribution in [0.15, 0.2) is 61.2 Å². The lowest BCUT2D eigenvalue weighted by Crippen LogP contribution is -2.44. The monoisotopic (exact) mass is 397 g/mol. The normalized spacial score (nSPS) is 12.0. The summed E-state index contributed by atoms with van der Waals surface area (Å²) >= 11 is 0. The molecule has 0 spiro atoms. The molecule has 0 fully saturated rings. The zero-order valence-electron chi connectivity index (χ0n) is 17.0. The van der Waals surface area contributed by atoms with Gasteiger partial charge < -0.3 is 19.9 Å². The number of hydrogen-bond donors (Lipinski definition) is 2. The van der Waals surface area contributed by atoms with Crippen LogP contribution in [0.3, 0.4) is 0 Å². The summed E-state index contributed by atoms with van der Waals surface area (Å²) in [5, 5.41) is 11.8. The fourth-order valence-corrected chi connectivity index (χ4v) is 2.58. The van der Waals surface area contributed by atoms with E-state index in [1.165, 1.54) is 0 Å². The molecule has 1 unspecified atom stereocenters. The van der Waals surface area contributed by atoms with Crippen molar-refractivity contribution in [3.63, 3.8) is 0 Å². The lowest BCUT2D eigenvalue weighted by Gasteiger charge is -2.22. The predicted molar refractivity (Wildman–Crippen MR) is 111 cm³/mol. The number of benzene rings is 2. The van der Waals surface area contributed by atoms with Crippen molar-refractivity contribution in [2.24, 2.45) is 0 Å². The molecule has 0 heterocycles. The number of aliphatic carboxylic acids is 1. The first kappa shape index (κ1) is 22.0. The number of amides is 1. The molecule has 2 aromatic carbocycles. The van der Waals surface area contributed by atoms with Crippen molar-refractivity contribution >= 4 is 12.1 Å². The van der Waals surface area contributed by atoms with Crippen LogP contribution in [0.4, 0.5) is 4.79 Å². The number of rotatable bonds is 8. The first-order valence-corrected chi connectivity index (χ1v) is 9.35. The number of carboxylic acid groups (broad SMARTS) is 1. The van der Waals surface area contributed by atoms with E-state index in [2.05, 4.69) is 11.9 Å². The number of allylic oxidation sites excluding steroid dienone is 1. The van der Waals surface area contributed by atoms with Gasteiger partial charge in [0.15, 0.2) is 0 Å². The minimum Gasteiger partial charge on any atom is -0.480 e. The molecule has 1 atom stereocenters. The highest BCUT2D eigenvalue weighted by Gasteiger charge is 2.24. The van der Waals surface area contributed by atoms with Gasteiger partial charge in [0.25, 0.3) is 0 Å². The maximum Gasteiger partial charge on any atom is 0.408 e. The van der Waals surface area contributed by atoms with Gasteiger partial charge in [-0.3, -0.25) is 0 Å². The number of nitrogens with one attached hydrogen (secondary N) is 1. The second-order valence-corrected chi connectivity index (χ2v) is 7.62. The third-order valence-corrected chi connectivity index (χ3v) is 3.89. The summed E-state index contributed by atoms with van der Waals surface area (Å²) in [6.45, 7) is 8.87. The lowest BCUT2D eigenvalue weighted by atomic mass is 10.1. The number of hydrogen-bond acceptors (Lipinski definition) is 4. The number of alkyl carbamates (subject to hydrolysis) is 1. The highest BCUT2D eigenvalue weighted by molar-refractivity contribution is 5.80. The average molecular weight is 397 g/mol. The average Bonchev–Trinajstić information content (AvgIpc) is 2.63. The van der Waals surface area contributed by atoms with Gasteiger partial charge in [0.2, 0.25) is 0 Å². The van der Waals surface area contributed by atoms with Crippen LogP contribution in [0.5, 0.6) is 11.5 Å². The summed E-state index contributed by atoms with van der Waals surface area (Å²) in [4.78, 5) is 23.3. The van der Waals surface area contributed by atoms with Gasteiger partial charge in [0, 0.05) is 6.42 Å². The topological polar surface area (TPSA) is 84.9 Å². The van der Waals surface area contributed by atoms with E-state index < -0.39 is 23.7 Å². The van der Waals surface area contributed by atoms with Crippen LogP contribution in [0.25, 0.3) is 0 Å². The van der Waals surface area contributed by atoms with Gasteiger partial charge in [-0.05, 0) is 62.6 Å². The molecule has 0 saturated heterocycles. The van der Waals surface area contributed by atoms with E-state index in [1.807, 2.05) is 30.3 Å². The van der Waals surface area contributed by atoms with E-state index in [1.54, 1.807) is 45.0 Å². The highest BCUT2D eigenvalue weighted by Crippen LogP contribution is 2.22. The molecule has 6 nitrogen and oxygen atoms in total. The van der Waals surface area contributed by atoms with Crippen LogP contribution in [-0.2, 0) is 22.4 Å². The summed E-state index contributed by atoms with van der Waals surface area (Å²) in [6.07, 6.45) is 2.02. The van der Waals surface area contributed by atoms with Crippen LogP contribution in [0, 0.1) is 0 Å². The molecule has 2 rings (SSSR count). The summed E-state index contributed by atoms with van der Waals surface area (Å²) in [5.41, 5.74) is 1.21. The summed E-state index contributed by atoms with van der Waals surface area (Å²) in [5.74, 6) is 0.216. The van der Waals surface area contributed by atoms with E-state index in [4.69, 9.17) is 9.47 Å². The largest absolute Gasteiger partial charge is 0.480 e. The molecule has 0 saturated carbocycles. The summed E-state index contributed by atoms with van der Waals surface area (Å²) in [6, 6.07) is 13.7. The van der Waals surface area contributed by atoms with E-state index in [9.17, 15) is 14.7 Å². The second kappa shape index (κ2) is 9.78. The smallest absolute Gasteiger partial charge is 0.408 e. The van der Waals surface area contributed by atoms with Crippen molar-refractivity contribution in [3.8, 4) is 11.5 Å². The Kier molecular flexibility index (Phi) is 7.42. The third kappa shape index (κ3) is 7.70. The van der Waals surface area contributed by atoms with Gasteiger partial charge in [-0.25, -0.2) is 9.59 Å². The fraction of sp³-hybridized carbons (Fsp3) is 0.304. The molecule has 0 aliphatic heterocycles. The Morgan fingerprint density at radius 2 is 1.55 bits per heavy atom. The molecular weight excluding hydrogens is 370 g/mol. The fourth-order valence-electron chi connectivity index (χ4n) is 2.58. The molecular formula is C23H27NO5. The number of carbonyl (C=O) groups excluding carboxylic acids is 1. The maximum absolute atomic E-state index is 11.9. The zero-order chi connectivity index (χ0) is 21.4. The molecule has 2 aromatic rings. The molecule has 0 radical (unpaired) electrons. The second-order valence-electron chi connectivity index (χ2n) is 7.62. The van der Waals surface area contributed by atoms with Crippen molar-refractivity contribution in [1.82, 2.24) is 5.32 Å². The van der Waals surface area contributed by atoms with Crippen LogP contribution in [0.1, 0.15) is 31.9 Å².